The van der Waals surface area contributed by atoms with Crippen LogP contribution in [-0.4, -0.2) is 175 Å². The third kappa shape index (κ3) is 15.8. The van der Waals surface area contributed by atoms with E-state index in [2.05, 4.69) is 41.3 Å². The summed E-state index contributed by atoms with van der Waals surface area (Å²) in [4.78, 5) is 76.9. The Labute approximate surface area is 486 Å². The number of carbonyl (C=O) groups excluding carboxylic acids is 6. The number of rotatable bonds is 18. The maximum absolute atomic E-state index is 14.4. The number of ketones is 2. The van der Waals surface area contributed by atoms with E-state index in [1.54, 1.807) is 38.3 Å². The van der Waals surface area contributed by atoms with Crippen molar-refractivity contribution in [3.8, 4) is 0 Å². The molecular weight excluding hydrogens is 1070 g/mol. The fraction of sp³-hybridized carbons (Fsp3) is 0.738. The van der Waals surface area contributed by atoms with Gasteiger partial charge in [-0.2, -0.15) is 0 Å². The van der Waals surface area contributed by atoms with Crippen LogP contribution in [0, 0.1) is 11.8 Å². The van der Waals surface area contributed by atoms with Gasteiger partial charge in [-0.25, -0.2) is 9.59 Å². The predicted molar refractivity (Wildman–Crippen MR) is 299 cm³/mol. The number of alkyl carbamates (subject to hydrolysis) is 1. The van der Waals surface area contributed by atoms with Crippen molar-refractivity contribution in [1.82, 2.24) is 21.3 Å². The lowest BCUT2D eigenvalue weighted by Crippen LogP contribution is -2.62. The Morgan fingerprint density at radius 1 is 0.807 bits per heavy atom. The van der Waals surface area contributed by atoms with E-state index >= 15 is 0 Å². The fourth-order valence-electron chi connectivity index (χ4n) is 14.0. The van der Waals surface area contributed by atoms with E-state index in [0.717, 1.165) is 43.3 Å². The standard InChI is InChI=1S/C61H89N5O17/c1-7-44(65-35(5)67)58(72)66-45(9-8-22-63-59(62)73)46(70)24-36-11-13-37(14-12-36)31-76-60(74)64-30-39(69)27-52-55(75-6)43-26-38(68)25-41-17-19-49-57(79-41)54-34(4)53(81-49)56-47(71)29-61(82-54,83-56)21-20-42-23-33(3)48(78-42)18-16-40-15-10-32(2)50(77-40)28-51(43)80-52/h11-14,34,39-45,47-57,69,71H,2-3,7-10,15-31H2,1,4-6H3,(H,64,74)(H,65,67)(H,66,72)(H3,62,63,73)/t34?,39-,40+,41+,42-,43-,44-,45-,47+,48-,49-,50+,51-,52+,53?,54+,55+,56-,57-,61+/m0/s1. The molecule has 2 unspecified atom stereocenters. The summed E-state index contributed by atoms with van der Waals surface area (Å²) in [7, 11) is 1.58. The molecule has 0 aromatic heterocycles. The van der Waals surface area contributed by atoms with Crippen LogP contribution in [0.1, 0.15) is 141 Å². The van der Waals surface area contributed by atoms with Crippen LogP contribution in [0.25, 0.3) is 0 Å². The van der Waals surface area contributed by atoms with Crippen molar-refractivity contribution >= 4 is 35.5 Å². The lowest BCUT2D eigenvalue weighted by atomic mass is 9.80. The van der Waals surface area contributed by atoms with Gasteiger partial charge in [0.25, 0.3) is 0 Å². The summed E-state index contributed by atoms with van der Waals surface area (Å²) in [5.41, 5.74) is 8.48. The summed E-state index contributed by atoms with van der Waals surface area (Å²) in [5, 5.41) is 33.3. The Kier molecular flexibility index (Phi) is 21.2. The van der Waals surface area contributed by atoms with Crippen LogP contribution < -0.4 is 27.0 Å². The second-order valence-corrected chi connectivity index (χ2v) is 24.5. The molecule has 5 amide bonds. The van der Waals surface area contributed by atoms with Crippen LogP contribution in [0.3, 0.4) is 0 Å². The number of nitrogens with two attached hydrogens (primary N) is 1. The maximum Gasteiger partial charge on any atom is 0.407 e. The van der Waals surface area contributed by atoms with Gasteiger partial charge in [-0.15, -0.1) is 0 Å². The SMILES string of the molecule is C=C1C[C@@H]2CC[C@]34C[C@@H](O)[C@H](O3)C3O[C@H]5CC[C@H](CC(=O)C[C@@H]6[C@@H](OC)[C@@H](C[C@H](O)CNC(=O)OCc7ccc(CC(=O)[C@H](CCCNC(N)=O)NC(=O)[C@H](CC)NC(C)=O)cc7)O[C@H]6C[C@H]6O[C@H](CCC6=C)CC[C@@H]1O2)O[C@@H]5[C@H](O4)C3C. The summed E-state index contributed by atoms with van der Waals surface area (Å²) >= 11 is 0. The van der Waals surface area contributed by atoms with Crippen LogP contribution in [0.15, 0.2) is 48.6 Å². The molecule has 8 N–H and O–H groups in total. The van der Waals surface area contributed by atoms with Gasteiger partial charge in [-0.05, 0) is 92.9 Å². The molecule has 8 heterocycles. The number of hydrogen-bond acceptors (Lipinski definition) is 17. The average Bonchev–Trinajstić information content (AvgIpc) is 2.36. The molecule has 8 aliphatic rings. The smallest absolute Gasteiger partial charge is 0.407 e. The first-order valence-electron chi connectivity index (χ1n) is 30.3. The number of hydrogen-bond donors (Lipinski definition) is 7. The van der Waals surface area contributed by atoms with E-state index < -0.39 is 84.5 Å². The molecule has 1 aromatic carbocycles. The van der Waals surface area contributed by atoms with Gasteiger partial charge >= 0.3 is 12.1 Å². The highest BCUT2D eigenvalue weighted by Crippen LogP contribution is 2.51. The van der Waals surface area contributed by atoms with Crippen LogP contribution in [-0.2, 0) is 74.8 Å². The Bertz CT molecular complexity index is 2480. The van der Waals surface area contributed by atoms with Gasteiger partial charge in [-0.3, -0.25) is 19.2 Å². The molecule has 8 aliphatic heterocycles. The topological polar surface area (TPSA) is 300 Å². The van der Waals surface area contributed by atoms with Crippen molar-refractivity contribution in [2.75, 3.05) is 20.2 Å². The van der Waals surface area contributed by atoms with Crippen LogP contribution in [0.4, 0.5) is 9.59 Å². The highest BCUT2D eigenvalue weighted by Gasteiger charge is 2.62. The van der Waals surface area contributed by atoms with Gasteiger partial charge in [0.1, 0.15) is 30.6 Å². The number of amides is 5. The summed E-state index contributed by atoms with van der Waals surface area (Å²) < 4.78 is 59.3. The maximum atomic E-state index is 14.4. The molecule has 9 rings (SSSR count). The van der Waals surface area contributed by atoms with Crippen molar-refractivity contribution in [2.45, 2.75) is 252 Å². The molecule has 1 spiro atoms. The first-order chi connectivity index (χ1) is 39.8. The Morgan fingerprint density at radius 3 is 2.29 bits per heavy atom. The molecule has 20 atom stereocenters. The molecular formula is C61H89N5O17. The molecule has 0 saturated carbocycles. The quantitative estimate of drug-likeness (QED) is 0.0794. The van der Waals surface area contributed by atoms with Gasteiger partial charge < -0.3 is 79.8 Å². The van der Waals surface area contributed by atoms with Gasteiger partial charge in [0, 0.05) is 83.9 Å². The second kappa shape index (κ2) is 28.1. The van der Waals surface area contributed by atoms with Crippen LogP contribution in [0.5, 0.6) is 0 Å². The number of methoxy groups -OCH3 is 1. The van der Waals surface area contributed by atoms with Gasteiger partial charge in [-0.1, -0.05) is 51.3 Å². The number of ether oxygens (including phenoxy) is 9. The number of Topliss-reactive ketones (excluding diaryl/α,β-unsaturated/α-hetero) is 2. The van der Waals surface area contributed by atoms with Gasteiger partial charge in [0.15, 0.2) is 11.6 Å². The van der Waals surface area contributed by atoms with Crippen molar-refractivity contribution in [3.63, 3.8) is 0 Å². The van der Waals surface area contributed by atoms with Crippen molar-refractivity contribution in [1.29, 1.82) is 0 Å². The summed E-state index contributed by atoms with van der Waals surface area (Å²) in [6.45, 7) is 13.9. The summed E-state index contributed by atoms with van der Waals surface area (Å²) in [5.74, 6) is -2.72. The number of primary amides is 1. The van der Waals surface area contributed by atoms with Gasteiger partial charge in [0.2, 0.25) is 11.8 Å². The lowest BCUT2D eigenvalue weighted by Gasteiger charge is -2.50. The molecule has 83 heavy (non-hydrogen) atoms. The molecule has 1 aromatic rings. The molecule has 8 saturated heterocycles. The Morgan fingerprint density at radius 2 is 1.54 bits per heavy atom. The van der Waals surface area contributed by atoms with E-state index in [1.165, 1.54) is 6.92 Å². The Balaban J connectivity index is 0.811. The number of aliphatic hydroxyl groups is 2. The fourth-order valence-corrected chi connectivity index (χ4v) is 14.0. The van der Waals surface area contributed by atoms with Crippen molar-refractivity contribution < 1.29 is 81.6 Å². The molecule has 10 bridgehead atoms. The number of carbonyl (C=O) groups is 6. The largest absolute Gasteiger partial charge is 0.445 e. The molecule has 22 nitrogen and oxygen atoms in total. The first kappa shape index (κ1) is 62.6. The zero-order valence-corrected chi connectivity index (χ0v) is 48.6. The zero-order valence-electron chi connectivity index (χ0n) is 48.6. The minimum absolute atomic E-state index is 0.00294. The van der Waals surface area contributed by atoms with Crippen LogP contribution >= 0.6 is 0 Å². The van der Waals surface area contributed by atoms with E-state index in [-0.39, 0.29) is 124 Å². The van der Waals surface area contributed by atoms with Crippen molar-refractivity contribution in [3.05, 3.63) is 59.7 Å². The number of urea groups is 1. The molecule has 8 fully saturated rings. The minimum Gasteiger partial charge on any atom is -0.445 e. The minimum atomic E-state index is -1.07. The van der Waals surface area contributed by atoms with E-state index in [9.17, 15) is 39.0 Å². The van der Waals surface area contributed by atoms with E-state index in [0.29, 0.717) is 62.5 Å². The monoisotopic (exact) mass is 1160 g/mol. The lowest BCUT2D eigenvalue weighted by molar-refractivity contribution is -0.290. The average molecular weight is 1160 g/mol. The van der Waals surface area contributed by atoms with Gasteiger partial charge in [0.05, 0.1) is 85.4 Å². The molecule has 460 valence electrons. The number of benzene rings is 1. The number of nitrogens with one attached hydrogen (secondary N) is 4. The van der Waals surface area contributed by atoms with E-state index in [4.69, 9.17) is 48.4 Å². The predicted octanol–water partition coefficient (Wildman–Crippen LogP) is 4.35. The summed E-state index contributed by atoms with van der Waals surface area (Å²) in [6.07, 6.45) is 1.10. The van der Waals surface area contributed by atoms with Crippen molar-refractivity contribution in [2.24, 2.45) is 17.6 Å². The highest BCUT2D eigenvalue weighted by molar-refractivity contribution is 5.93. The molecule has 0 aliphatic carbocycles. The molecule has 22 heteroatoms. The third-order valence-corrected chi connectivity index (χ3v) is 18.4. The third-order valence-electron chi connectivity index (χ3n) is 18.4. The van der Waals surface area contributed by atoms with E-state index in [1.807, 2.05) is 0 Å². The van der Waals surface area contributed by atoms with Crippen LogP contribution in [0.2, 0.25) is 0 Å². The summed E-state index contributed by atoms with van der Waals surface area (Å²) in [6, 6.07) is 4.46. The normalized spacial score (nSPS) is 36.3. The highest BCUT2D eigenvalue weighted by atomic mass is 16.7. The zero-order chi connectivity index (χ0) is 59.1. The number of fused-ring (bicyclic) bond motifs is 9. The first-order valence-corrected chi connectivity index (χ1v) is 30.3. The number of aliphatic hydroxyl groups excluding tert-OH is 2. The second-order valence-electron chi connectivity index (χ2n) is 24.5. The molecule has 0 radical (unpaired) electrons. The Hall–Kier alpha value is -4.88.